The van der Waals surface area contributed by atoms with Crippen molar-refractivity contribution in [1.82, 2.24) is 10.2 Å². The van der Waals surface area contributed by atoms with Crippen LogP contribution in [0, 0.1) is 5.41 Å². The summed E-state index contributed by atoms with van der Waals surface area (Å²) in [6, 6.07) is 28.5. The monoisotopic (exact) mass is 634 g/mol. The van der Waals surface area contributed by atoms with Gasteiger partial charge in [-0.15, -0.1) is 0 Å². The van der Waals surface area contributed by atoms with Gasteiger partial charge in [-0.05, 0) is 46.7 Å². The number of benzene rings is 4. The first-order valence-corrected chi connectivity index (χ1v) is 15.4. The number of rotatable bonds is 15. The Balaban J connectivity index is 1.67. The zero-order valence-electron chi connectivity index (χ0n) is 26.4. The summed E-state index contributed by atoms with van der Waals surface area (Å²) in [5.74, 6) is -2.22. The van der Waals surface area contributed by atoms with Gasteiger partial charge in [0.05, 0.1) is 5.92 Å². The number of nitrogen functional groups attached to an aromatic ring is 1. The number of likely N-dealkylation sites (N-methyl/N-ethyl adjacent to an activating group) is 1. The summed E-state index contributed by atoms with van der Waals surface area (Å²) in [6.45, 7) is 0.272. The third-order valence-corrected chi connectivity index (χ3v) is 8.17. The van der Waals surface area contributed by atoms with E-state index in [4.69, 9.17) is 28.3 Å². The number of hydrogen-bond donors (Lipinski definition) is 6. The number of nitrogens with two attached hydrogens (primary N) is 4. The van der Waals surface area contributed by atoms with Crippen LogP contribution in [-0.2, 0) is 27.2 Å². The van der Waals surface area contributed by atoms with Gasteiger partial charge in [-0.2, -0.15) is 0 Å². The maximum Gasteiger partial charge on any atom is 0.243 e. The molecule has 4 aromatic rings. The molecule has 3 atom stereocenters. The number of amides is 3. The molecule has 0 saturated heterocycles. The summed E-state index contributed by atoms with van der Waals surface area (Å²) in [4.78, 5) is 46.2. The van der Waals surface area contributed by atoms with Gasteiger partial charge in [0, 0.05) is 25.6 Å². The van der Waals surface area contributed by atoms with Crippen molar-refractivity contribution in [3.05, 3.63) is 119 Å². The second kappa shape index (κ2) is 16.0. The van der Waals surface area contributed by atoms with E-state index in [0.717, 1.165) is 27.5 Å². The Morgan fingerprint density at radius 3 is 2.09 bits per heavy atom. The smallest absolute Gasteiger partial charge is 0.243 e. The molecule has 4 rings (SSSR count). The standard InChI is InChI=1S/C36H42N8O3/c1-44(31(21-23-8-3-2-4-9-23)34(46)43-30(33(39)45)12-7-19-42-36(40)41)35(47)29(20-24-13-15-26(16-14-24)32(37)38)28-18-17-25-10-5-6-11-27(25)22-28/h2-6,8-11,13-18,22,29-31H,7,12,19-21H2,1H3,(H3,37,38)(H2,39,45)(H,43,46)(H4,40,41,42)/t29-,30?,31-/m0/s1. The molecular weight excluding hydrogens is 592 g/mol. The van der Waals surface area contributed by atoms with Crippen LogP contribution in [0.1, 0.15) is 41.0 Å². The maximum atomic E-state index is 14.6. The van der Waals surface area contributed by atoms with Gasteiger partial charge in [-0.3, -0.25) is 24.8 Å². The number of fused-ring (bicyclic) bond motifs is 1. The van der Waals surface area contributed by atoms with E-state index in [-0.39, 0.29) is 37.1 Å². The highest BCUT2D eigenvalue weighted by Gasteiger charge is 2.34. The van der Waals surface area contributed by atoms with Crippen LogP contribution in [0.2, 0.25) is 0 Å². The highest BCUT2D eigenvalue weighted by atomic mass is 16.2. The molecule has 11 nitrogen and oxygen atoms in total. The molecule has 4 aromatic carbocycles. The topological polar surface area (TPSA) is 207 Å². The van der Waals surface area contributed by atoms with Crippen LogP contribution in [0.15, 0.2) is 102 Å². The van der Waals surface area contributed by atoms with E-state index in [0.29, 0.717) is 18.4 Å². The minimum atomic E-state index is -0.977. The Labute approximate surface area is 274 Å². The number of carbonyl (C=O) groups is 3. The molecule has 0 bridgehead atoms. The summed E-state index contributed by atoms with van der Waals surface area (Å²) >= 11 is 0. The van der Waals surface area contributed by atoms with E-state index >= 15 is 0 Å². The summed E-state index contributed by atoms with van der Waals surface area (Å²) in [6.07, 6.45) is 1.19. The lowest BCUT2D eigenvalue weighted by Crippen LogP contribution is -2.54. The first kappa shape index (κ1) is 34.2. The predicted octanol–water partition coefficient (Wildman–Crippen LogP) is 2.54. The van der Waals surface area contributed by atoms with Crippen molar-refractivity contribution in [2.24, 2.45) is 27.9 Å². The van der Waals surface area contributed by atoms with Gasteiger partial charge in [0.15, 0.2) is 5.96 Å². The number of guanidine groups is 1. The number of hydrogen-bond acceptors (Lipinski definition) is 5. The minimum Gasteiger partial charge on any atom is -0.384 e. The van der Waals surface area contributed by atoms with Crippen LogP contribution >= 0.6 is 0 Å². The van der Waals surface area contributed by atoms with Crippen LogP contribution in [0.3, 0.4) is 0 Å². The van der Waals surface area contributed by atoms with Crippen molar-refractivity contribution < 1.29 is 14.4 Å². The molecule has 47 heavy (non-hydrogen) atoms. The lowest BCUT2D eigenvalue weighted by molar-refractivity contribution is -0.141. The van der Waals surface area contributed by atoms with E-state index in [9.17, 15) is 14.4 Å². The van der Waals surface area contributed by atoms with Gasteiger partial charge < -0.3 is 33.2 Å². The summed E-state index contributed by atoms with van der Waals surface area (Å²) in [5, 5.41) is 12.5. The number of primary amides is 1. The molecule has 1 unspecified atom stereocenters. The molecule has 0 heterocycles. The maximum absolute atomic E-state index is 14.6. The second-order valence-electron chi connectivity index (χ2n) is 11.5. The quantitative estimate of drug-likeness (QED) is 0.0658. The molecule has 0 fully saturated rings. The van der Waals surface area contributed by atoms with Crippen LogP contribution in [0.25, 0.3) is 10.8 Å². The van der Waals surface area contributed by atoms with Crippen LogP contribution in [0.4, 0.5) is 0 Å². The molecule has 11 heteroatoms. The van der Waals surface area contributed by atoms with Crippen molar-refractivity contribution in [3.63, 3.8) is 0 Å². The Hall–Kier alpha value is -5.71. The van der Waals surface area contributed by atoms with E-state index in [1.165, 1.54) is 4.90 Å². The number of amidine groups is 1. The average molecular weight is 635 g/mol. The van der Waals surface area contributed by atoms with E-state index in [1.807, 2.05) is 84.9 Å². The van der Waals surface area contributed by atoms with Gasteiger partial charge in [0.2, 0.25) is 17.7 Å². The molecule has 10 N–H and O–H groups in total. The highest BCUT2D eigenvalue weighted by molar-refractivity contribution is 5.95. The fourth-order valence-corrected chi connectivity index (χ4v) is 5.53. The SMILES string of the molecule is CN(C(=O)[C@@H](Cc1ccc(C(=N)N)cc1)c1ccc2ccccc2c1)[C@@H](Cc1ccccc1)C(=O)NC(CCCN=C(N)N)C(N)=O. The zero-order valence-corrected chi connectivity index (χ0v) is 26.4. The number of carbonyl (C=O) groups excluding carboxylic acids is 3. The summed E-state index contributed by atoms with van der Waals surface area (Å²) in [5.41, 5.74) is 25.2. The Kier molecular flexibility index (Phi) is 11.7. The molecule has 0 aromatic heterocycles. The Bertz CT molecular complexity index is 1740. The lowest BCUT2D eigenvalue weighted by atomic mass is 9.88. The molecule has 0 saturated carbocycles. The first-order valence-electron chi connectivity index (χ1n) is 15.4. The van der Waals surface area contributed by atoms with E-state index in [2.05, 4.69) is 10.3 Å². The zero-order chi connectivity index (χ0) is 33.9. The number of nitrogens with zero attached hydrogens (tertiary/aromatic N) is 2. The molecule has 0 spiro atoms. The van der Waals surface area contributed by atoms with Crippen molar-refractivity contribution in [1.29, 1.82) is 5.41 Å². The Morgan fingerprint density at radius 2 is 1.45 bits per heavy atom. The minimum absolute atomic E-state index is 0.0429. The molecule has 0 radical (unpaired) electrons. The fourth-order valence-electron chi connectivity index (χ4n) is 5.53. The third kappa shape index (κ3) is 9.40. The van der Waals surface area contributed by atoms with Crippen molar-refractivity contribution in [2.45, 2.75) is 43.7 Å². The first-order chi connectivity index (χ1) is 22.5. The molecular formula is C36H42N8O3. The van der Waals surface area contributed by atoms with E-state index < -0.39 is 29.8 Å². The average Bonchev–Trinajstić information content (AvgIpc) is 3.07. The van der Waals surface area contributed by atoms with Crippen LogP contribution < -0.4 is 28.3 Å². The van der Waals surface area contributed by atoms with Crippen molar-refractivity contribution >= 4 is 40.3 Å². The van der Waals surface area contributed by atoms with Crippen LogP contribution in [-0.4, -0.2) is 60.1 Å². The highest BCUT2D eigenvalue weighted by Crippen LogP contribution is 2.28. The normalized spacial score (nSPS) is 12.8. The molecule has 0 aliphatic carbocycles. The van der Waals surface area contributed by atoms with Gasteiger partial charge in [0.1, 0.15) is 17.9 Å². The van der Waals surface area contributed by atoms with E-state index in [1.54, 1.807) is 19.2 Å². The summed E-state index contributed by atoms with van der Waals surface area (Å²) in [7, 11) is 1.61. The van der Waals surface area contributed by atoms with Crippen molar-refractivity contribution in [2.75, 3.05) is 13.6 Å². The predicted molar refractivity (Wildman–Crippen MR) is 186 cm³/mol. The van der Waals surface area contributed by atoms with Gasteiger partial charge >= 0.3 is 0 Å². The van der Waals surface area contributed by atoms with Gasteiger partial charge in [-0.1, -0.05) is 97.1 Å². The molecule has 3 amide bonds. The number of nitrogens with one attached hydrogen (secondary N) is 2. The second-order valence-corrected chi connectivity index (χ2v) is 11.5. The summed E-state index contributed by atoms with van der Waals surface area (Å²) < 4.78 is 0. The lowest BCUT2D eigenvalue weighted by Gasteiger charge is -2.32. The third-order valence-electron chi connectivity index (χ3n) is 8.17. The molecule has 244 valence electrons. The largest absolute Gasteiger partial charge is 0.384 e. The molecule has 0 aliphatic rings. The van der Waals surface area contributed by atoms with Crippen molar-refractivity contribution in [3.8, 4) is 0 Å². The van der Waals surface area contributed by atoms with Gasteiger partial charge in [0.25, 0.3) is 0 Å². The Morgan fingerprint density at radius 1 is 0.809 bits per heavy atom. The van der Waals surface area contributed by atoms with Gasteiger partial charge in [-0.25, -0.2) is 0 Å². The number of aliphatic imine (C=N–C) groups is 1. The fraction of sp³-hybridized carbons (Fsp3) is 0.250. The molecule has 0 aliphatic heterocycles. The van der Waals surface area contributed by atoms with Crippen LogP contribution in [0.5, 0.6) is 0 Å².